The van der Waals surface area contributed by atoms with E-state index >= 15 is 0 Å². The highest BCUT2D eigenvalue weighted by atomic mass is 32.1. The summed E-state index contributed by atoms with van der Waals surface area (Å²) in [5.41, 5.74) is 5.45. The van der Waals surface area contributed by atoms with Crippen LogP contribution < -0.4 is 5.73 Å². The maximum absolute atomic E-state index is 12.4. The molecule has 6 heteroatoms. The van der Waals surface area contributed by atoms with Crippen molar-refractivity contribution in [3.05, 3.63) is 21.9 Å². The fraction of sp³-hybridized carbons (Fsp3) is 0.538. The van der Waals surface area contributed by atoms with E-state index in [2.05, 4.69) is 12.1 Å². The Morgan fingerprint density at radius 1 is 1.53 bits per heavy atom. The van der Waals surface area contributed by atoms with Crippen LogP contribution in [0.15, 0.2) is 17.3 Å². The molecule has 1 aromatic rings. The Hall–Kier alpha value is -1.56. The molecule has 0 aliphatic carbocycles. The van der Waals surface area contributed by atoms with Gasteiger partial charge in [-0.2, -0.15) is 0 Å². The molecule has 0 unspecified atom stereocenters. The first kappa shape index (κ1) is 15.5. The van der Waals surface area contributed by atoms with Crippen LogP contribution in [0.5, 0.6) is 0 Å². The minimum absolute atomic E-state index is 0.00504. The zero-order chi connectivity index (χ0) is 14.4. The molecular formula is C13H21N3O2S. The maximum Gasteiger partial charge on any atom is 0.264 e. The molecular weight excluding hydrogens is 262 g/mol. The van der Waals surface area contributed by atoms with Gasteiger partial charge in [-0.3, -0.25) is 4.79 Å². The number of aryl methyl sites for hydroxylation is 1. The highest BCUT2D eigenvalue weighted by Crippen LogP contribution is 2.20. The lowest BCUT2D eigenvalue weighted by atomic mass is 10.2. The Labute approximate surface area is 117 Å². The molecule has 0 saturated carbocycles. The zero-order valence-electron chi connectivity index (χ0n) is 11.6. The van der Waals surface area contributed by atoms with Crippen molar-refractivity contribution in [1.29, 1.82) is 0 Å². The molecule has 1 rings (SSSR count). The van der Waals surface area contributed by atoms with Crippen LogP contribution in [0.25, 0.3) is 0 Å². The number of amidine groups is 1. The van der Waals surface area contributed by atoms with E-state index < -0.39 is 0 Å². The lowest BCUT2D eigenvalue weighted by Gasteiger charge is -2.26. The topological polar surface area (TPSA) is 78.9 Å². The van der Waals surface area contributed by atoms with Crippen LogP contribution in [0.2, 0.25) is 0 Å². The normalized spacial score (nSPS) is 11.9. The van der Waals surface area contributed by atoms with Gasteiger partial charge in [0.2, 0.25) is 0 Å². The molecule has 1 heterocycles. The van der Waals surface area contributed by atoms with Crippen molar-refractivity contribution < 1.29 is 10.0 Å². The van der Waals surface area contributed by atoms with Crippen LogP contribution in [-0.4, -0.2) is 34.4 Å². The van der Waals surface area contributed by atoms with Gasteiger partial charge in [-0.1, -0.05) is 12.1 Å². The molecule has 106 valence electrons. The number of nitrogens with two attached hydrogens (primary N) is 1. The highest BCUT2D eigenvalue weighted by molar-refractivity contribution is 7.14. The van der Waals surface area contributed by atoms with E-state index in [0.717, 1.165) is 11.3 Å². The second kappa shape index (κ2) is 7.13. The SMILES string of the molecule is CCc1ccc(C(=O)N(CCC(N)=NO)C(C)C)s1. The molecule has 0 atom stereocenters. The van der Waals surface area contributed by atoms with Gasteiger partial charge in [0, 0.05) is 23.9 Å². The Morgan fingerprint density at radius 3 is 2.68 bits per heavy atom. The first-order chi connectivity index (χ1) is 8.99. The van der Waals surface area contributed by atoms with Crippen molar-refractivity contribution in [2.45, 2.75) is 39.7 Å². The number of carbonyl (C=O) groups excluding carboxylic acids is 1. The molecule has 0 aliphatic heterocycles. The summed E-state index contributed by atoms with van der Waals surface area (Å²) in [6, 6.07) is 3.93. The smallest absolute Gasteiger partial charge is 0.264 e. The standard InChI is InChI=1S/C13H21N3O2S/c1-4-10-5-6-11(19-10)13(17)16(9(2)3)8-7-12(14)15-18/h5-6,9,18H,4,7-8H2,1-3H3,(H2,14,15). The van der Waals surface area contributed by atoms with Crippen molar-refractivity contribution in [2.75, 3.05) is 6.54 Å². The molecule has 0 spiro atoms. The summed E-state index contributed by atoms with van der Waals surface area (Å²) in [5, 5.41) is 11.5. The van der Waals surface area contributed by atoms with E-state index in [0.29, 0.717) is 13.0 Å². The number of nitrogens with zero attached hydrogens (tertiary/aromatic N) is 2. The Bertz CT molecular complexity index is 454. The van der Waals surface area contributed by atoms with Crippen molar-refractivity contribution >= 4 is 23.1 Å². The van der Waals surface area contributed by atoms with E-state index in [9.17, 15) is 4.79 Å². The van der Waals surface area contributed by atoms with Gasteiger partial charge < -0.3 is 15.8 Å². The maximum atomic E-state index is 12.4. The van der Waals surface area contributed by atoms with Crippen LogP contribution in [0, 0.1) is 0 Å². The predicted octanol–water partition coefficient (Wildman–Crippen LogP) is 2.30. The predicted molar refractivity (Wildman–Crippen MR) is 77.9 cm³/mol. The molecule has 0 aromatic carbocycles. The molecule has 1 amide bonds. The first-order valence-electron chi connectivity index (χ1n) is 6.35. The van der Waals surface area contributed by atoms with Gasteiger partial charge in [-0.25, -0.2) is 0 Å². The second-order valence-electron chi connectivity index (χ2n) is 4.55. The van der Waals surface area contributed by atoms with E-state index in [1.165, 1.54) is 16.2 Å². The number of hydrogen-bond acceptors (Lipinski definition) is 4. The minimum Gasteiger partial charge on any atom is -0.409 e. The molecule has 0 radical (unpaired) electrons. The van der Waals surface area contributed by atoms with E-state index in [-0.39, 0.29) is 17.8 Å². The number of amides is 1. The molecule has 0 fully saturated rings. The number of hydrogen-bond donors (Lipinski definition) is 2. The number of thiophene rings is 1. The van der Waals surface area contributed by atoms with Gasteiger partial charge in [0.05, 0.1) is 4.88 Å². The molecule has 0 bridgehead atoms. The van der Waals surface area contributed by atoms with Crippen molar-refractivity contribution in [3.63, 3.8) is 0 Å². The largest absolute Gasteiger partial charge is 0.409 e. The van der Waals surface area contributed by atoms with Gasteiger partial charge >= 0.3 is 0 Å². The molecule has 19 heavy (non-hydrogen) atoms. The zero-order valence-corrected chi connectivity index (χ0v) is 12.4. The second-order valence-corrected chi connectivity index (χ2v) is 5.72. The third-order valence-electron chi connectivity index (χ3n) is 2.84. The van der Waals surface area contributed by atoms with Gasteiger partial charge in [-0.05, 0) is 32.4 Å². The van der Waals surface area contributed by atoms with Crippen LogP contribution in [0.1, 0.15) is 41.7 Å². The summed E-state index contributed by atoms with van der Waals surface area (Å²) < 4.78 is 0. The summed E-state index contributed by atoms with van der Waals surface area (Å²) in [4.78, 5) is 16.1. The monoisotopic (exact) mass is 283 g/mol. The van der Waals surface area contributed by atoms with Crippen LogP contribution in [0.3, 0.4) is 0 Å². The fourth-order valence-corrected chi connectivity index (χ4v) is 2.61. The van der Waals surface area contributed by atoms with Gasteiger partial charge in [0.1, 0.15) is 5.84 Å². The van der Waals surface area contributed by atoms with Crippen molar-refractivity contribution in [2.24, 2.45) is 10.9 Å². The van der Waals surface area contributed by atoms with Crippen molar-refractivity contribution in [3.8, 4) is 0 Å². The highest BCUT2D eigenvalue weighted by Gasteiger charge is 2.20. The number of rotatable bonds is 6. The van der Waals surface area contributed by atoms with Gasteiger partial charge in [0.15, 0.2) is 0 Å². The summed E-state index contributed by atoms with van der Waals surface area (Å²) in [6.45, 7) is 6.43. The van der Waals surface area contributed by atoms with E-state index in [1.807, 2.05) is 26.0 Å². The summed E-state index contributed by atoms with van der Waals surface area (Å²) in [5.74, 6) is 0.143. The molecule has 3 N–H and O–H groups in total. The molecule has 0 saturated heterocycles. The molecule has 0 aliphatic rings. The van der Waals surface area contributed by atoms with Crippen LogP contribution >= 0.6 is 11.3 Å². The number of carbonyl (C=O) groups is 1. The number of oxime groups is 1. The minimum atomic E-state index is 0.00504. The quantitative estimate of drug-likeness (QED) is 0.364. The average molecular weight is 283 g/mol. The summed E-state index contributed by atoms with van der Waals surface area (Å²) >= 11 is 1.52. The fourth-order valence-electron chi connectivity index (χ4n) is 1.70. The van der Waals surface area contributed by atoms with E-state index in [1.54, 1.807) is 4.90 Å². The van der Waals surface area contributed by atoms with Gasteiger partial charge in [-0.15, -0.1) is 11.3 Å². The van der Waals surface area contributed by atoms with Crippen LogP contribution in [-0.2, 0) is 6.42 Å². The lowest BCUT2D eigenvalue weighted by molar-refractivity contribution is 0.0716. The Balaban J connectivity index is 2.78. The average Bonchev–Trinajstić information content (AvgIpc) is 2.86. The summed E-state index contributed by atoms with van der Waals surface area (Å²) in [6.07, 6.45) is 1.30. The summed E-state index contributed by atoms with van der Waals surface area (Å²) in [7, 11) is 0. The van der Waals surface area contributed by atoms with Gasteiger partial charge in [0.25, 0.3) is 5.91 Å². The first-order valence-corrected chi connectivity index (χ1v) is 7.17. The Kier molecular flexibility index (Phi) is 5.82. The van der Waals surface area contributed by atoms with Crippen LogP contribution in [0.4, 0.5) is 0 Å². The van der Waals surface area contributed by atoms with E-state index in [4.69, 9.17) is 10.9 Å². The molecule has 1 aromatic heterocycles. The third-order valence-corrected chi connectivity index (χ3v) is 4.06. The molecule has 5 nitrogen and oxygen atoms in total. The van der Waals surface area contributed by atoms with Crippen molar-refractivity contribution in [1.82, 2.24) is 4.90 Å². The Morgan fingerprint density at radius 2 is 2.21 bits per heavy atom. The lowest BCUT2D eigenvalue weighted by Crippen LogP contribution is -2.38. The third kappa shape index (κ3) is 4.24.